The fourth-order valence-corrected chi connectivity index (χ4v) is 1.26. The van der Waals surface area contributed by atoms with Crippen molar-refractivity contribution in [3.05, 3.63) is 35.9 Å². The van der Waals surface area contributed by atoms with Gasteiger partial charge in [0.05, 0.1) is 6.61 Å². The molecule has 1 unspecified atom stereocenters. The van der Waals surface area contributed by atoms with E-state index in [1.807, 2.05) is 30.3 Å². The Balaban J connectivity index is 0.000000640. The molecule has 10 heteroatoms. The van der Waals surface area contributed by atoms with Crippen LogP contribution in [-0.2, 0) is 20.9 Å². The summed E-state index contributed by atoms with van der Waals surface area (Å²) in [5.74, 6) is -2.76. The highest BCUT2D eigenvalue weighted by molar-refractivity contribution is 5.73. The standard InChI is InChI=1S/C12H18N2O3.C2HF3O2/c1-16-9-11(13)7-14-12(15)17-8-10-5-3-2-4-6-10;3-2(4,5)1(6)7/h2-6,11H,7-9,13H2,1H3,(H,14,15);(H,6,7). The van der Waals surface area contributed by atoms with Crippen LogP contribution in [0.1, 0.15) is 5.56 Å². The lowest BCUT2D eigenvalue weighted by Crippen LogP contribution is -2.40. The number of carbonyl (C=O) groups is 2. The van der Waals surface area contributed by atoms with Crippen molar-refractivity contribution in [2.75, 3.05) is 20.3 Å². The first-order valence-corrected chi connectivity index (χ1v) is 6.66. The minimum absolute atomic E-state index is 0.218. The Morgan fingerprint density at radius 3 is 2.29 bits per heavy atom. The molecule has 24 heavy (non-hydrogen) atoms. The minimum Gasteiger partial charge on any atom is -0.475 e. The van der Waals surface area contributed by atoms with Gasteiger partial charge in [-0.15, -0.1) is 0 Å². The Bertz CT molecular complexity index is 497. The lowest BCUT2D eigenvalue weighted by Gasteiger charge is -2.11. The molecule has 1 aromatic rings. The first-order valence-electron chi connectivity index (χ1n) is 6.66. The van der Waals surface area contributed by atoms with Crippen molar-refractivity contribution in [3.63, 3.8) is 0 Å². The van der Waals surface area contributed by atoms with Crippen LogP contribution in [0, 0.1) is 0 Å². The molecule has 1 atom stereocenters. The van der Waals surface area contributed by atoms with Crippen LogP contribution in [-0.4, -0.2) is 49.6 Å². The van der Waals surface area contributed by atoms with E-state index in [1.165, 1.54) is 0 Å². The summed E-state index contributed by atoms with van der Waals surface area (Å²) in [4.78, 5) is 20.2. The average molecular weight is 352 g/mol. The second kappa shape index (κ2) is 11.2. The Hall–Kier alpha value is -2.33. The highest BCUT2D eigenvalue weighted by Crippen LogP contribution is 2.13. The molecule has 0 fully saturated rings. The molecule has 0 saturated carbocycles. The van der Waals surface area contributed by atoms with Gasteiger partial charge in [0.25, 0.3) is 0 Å². The number of methoxy groups -OCH3 is 1. The van der Waals surface area contributed by atoms with E-state index in [-0.39, 0.29) is 12.6 Å². The van der Waals surface area contributed by atoms with Crippen LogP contribution in [0.25, 0.3) is 0 Å². The monoisotopic (exact) mass is 352 g/mol. The lowest BCUT2D eigenvalue weighted by molar-refractivity contribution is -0.192. The second-order valence-corrected chi connectivity index (χ2v) is 4.46. The molecule has 0 spiro atoms. The van der Waals surface area contributed by atoms with Crippen LogP contribution in [0.4, 0.5) is 18.0 Å². The van der Waals surface area contributed by atoms with Gasteiger partial charge in [0, 0.05) is 19.7 Å². The summed E-state index contributed by atoms with van der Waals surface area (Å²) in [6.07, 6.45) is -5.56. The molecule has 4 N–H and O–H groups in total. The van der Waals surface area contributed by atoms with Crippen LogP contribution < -0.4 is 11.1 Å². The zero-order valence-corrected chi connectivity index (χ0v) is 12.9. The summed E-state index contributed by atoms with van der Waals surface area (Å²) < 4.78 is 41.6. The highest BCUT2D eigenvalue weighted by Gasteiger charge is 2.38. The SMILES string of the molecule is COCC(N)CNC(=O)OCc1ccccc1.O=C(O)C(F)(F)F. The molecule has 7 nitrogen and oxygen atoms in total. The summed E-state index contributed by atoms with van der Waals surface area (Å²) in [6, 6.07) is 9.27. The van der Waals surface area contributed by atoms with Crippen molar-refractivity contribution < 1.29 is 37.3 Å². The Labute approximate surface area is 136 Å². The molecular weight excluding hydrogens is 333 g/mol. The third kappa shape index (κ3) is 11.3. The molecule has 1 amide bonds. The van der Waals surface area contributed by atoms with Crippen LogP contribution in [0.5, 0.6) is 0 Å². The van der Waals surface area contributed by atoms with Gasteiger partial charge < -0.3 is 25.6 Å². The first-order chi connectivity index (χ1) is 11.2. The predicted molar refractivity (Wildman–Crippen MR) is 78.2 cm³/mol. The molecule has 0 aliphatic rings. The largest absolute Gasteiger partial charge is 0.490 e. The Morgan fingerprint density at radius 1 is 1.29 bits per heavy atom. The number of carboxylic acid groups (broad SMARTS) is 1. The first kappa shape index (κ1) is 21.7. The number of carbonyl (C=O) groups excluding carboxylic acids is 1. The van der Waals surface area contributed by atoms with Gasteiger partial charge in [-0.05, 0) is 5.56 Å². The van der Waals surface area contributed by atoms with Crippen molar-refractivity contribution >= 4 is 12.1 Å². The van der Waals surface area contributed by atoms with Gasteiger partial charge in [-0.1, -0.05) is 30.3 Å². The number of rotatable bonds is 6. The molecule has 1 rings (SSSR count). The number of hydrogen-bond donors (Lipinski definition) is 3. The molecule has 0 radical (unpaired) electrons. The number of amides is 1. The summed E-state index contributed by atoms with van der Waals surface area (Å²) >= 11 is 0. The van der Waals surface area contributed by atoms with Crippen LogP contribution >= 0.6 is 0 Å². The normalized spacial score (nSPS) is 11.7. The second-order valence-electron chi connectivity index (χ2n) is 4.46. The van der Waals surface area contributed by atoms with Gasteiger partial charge in [-0.3, -0.25) is 0 Å². The summed E-state index contributed by atoms with van der Waals surface area (Å²) in [5, 5.41) is 9.70. The van der Waals surface area contributed by atoms with Crippen molar-refractivity contribution in [2.24, 2.45) is 5.73 Å². The van der Waals surface area contributed by atoms with E-state index < -0.39 is 18.2 Å². The molecule has 0 aromatic heterocycles. The Kier molecular flexibility index (Phi) is 10.2. The van der Waals surface area contributed by atoms with Gasteiger partial charge in [-0.2, -0.15) is 13.2 Å². The highest BCUT2D eigenvalue weighted by atomic mass is 19.4. The fourth-order valence-electron chi connectivity index (χ4n) is 1.26. The van der Waals surface area contributed by atoms with Crippen molar-refractivity contribution in [3.8, 4) is 0 Å². The van der Waals surface area contributed by atoms with Gasteiger partial charge in [-0.25, -0.2) is 9.59 Å². The average Bonchev–Trinajstić information content (AvgIpc) is 2.52. The smallest absolute Gasteiger partial charge is 0.475 e. The van der Waals surface area contributed by atoms with E-state index in [4.69, 9.17) is 25.1 Å². The number of carboxylic acids is 1. The lowest BCUT2D eigenvalue weighted by atomic mass is 10.2. The molecule has 0 heterocycles. The third-order valence-corrected chi connectivity index (χ3v) is 2.34. The van der Waals surface area contributed by atoms with Gasteiger partial charge in [0.15, 0.2) is 0 Å². The van der Waals surface area contributed by atoms with E-state index in [0.29, 0.717) is 13.2 Å². The number of hydrogen-bond acceptors (Lipinski definition) is 5. The maximum Gasteiger partial charge on any atom is 0.490 e. The van der Waals surface area contributed by atoms with Crippen molar-refractivity contribution in [1.82, 2.24) is 5.32 Å². The number of benzene rings is 1. The number of nitrogens with one attached hydrogen (secondary N) is 1. The van der Waals surface area contributed by atoms with Crippen LogP contribution in [0.15, 0.2) is 30.3 Å². The van der Waals surface area contributed by atoms with E-state index >= 15 is 0 Å². The maximum atomic E-state index is 11.3. The molecule has 0 bridgehead atoms. The number of halogens is 3. The number of alkyl halides is 3. The van der Waals surface area contributed by atoms with Gasteiger partial charge in [0.2, 0.25) is 0 Å². The van der Waals surface area contributed by atoms with E-state index in [1.54, 1.807) is 7.11 Å². The fraction of sp³-hybridized carbons (Fsp3) is 0.429. The zero-order valence-electron chi connectivity index (χ0n) is 12.9. The minimum atomic E-state index is -5.08. The number of ether oxygens (including phenoxy) is 2. The summed E-state index contributed by atoms with van der Waals surface area (Å²) in [6.45, 7) is 0.993. The number of nitrogens with two attached hydrogens (primary N) is 1. The Morgan fingerprint density at radius 2 is 1.83 bits per heavy atom. The maximum absolute atomic E-state index is 11.3. The molecule has 1 aromatic carbocycles. The van der Waals surface area contributed by atoms with E-state index in [0.717, 1.165) is 5.56 Å². The number of alkyl carbamates (subject to hydrolysis) is 1. The zero-order chi connectivity index (χ0) is 18.6. The summed E-state index contributed by atoms with van der Waals surface area (Å²) in [5.41, 5.74) is 6.59. The van der Waals surface area contributed by atoms with Gasteiger partial charge in [0.1, 0.15) is 6.61 Å². The third-order valence-electron chi connectivity index (χ3n) is 2.34. The molecular formula is C14H19F3N2O5. The van der Waals surface area contributed by atoms with Crippen LogP contribution in [0.3, 0.4) is 0 Å². The topological polar surface area (TPSA) is 111 Å². The number of aliphatic carboxylic acids is 1. The van der Waals surface area contributed by atoms with Crippen molar-refractivity contribution in [2.45, 2.75) is 18.8 Å². The van der Waals surface area contributed by atoms with E-state index in [2.05, 4.69) is 5.32 Å². The van der Waals surface area contributed by atoms with Crippen molar-refractivity contribution in [1.29, 1.82) is 0 Å². The quantitative estimate of drug-likeness (QED) is 0.716. The summed E-state index contributed by atoms with van der Waals surface area (Å²) in [7, 11) is 1.56. The van der Waals surface area contributed by atoms with E-state index in [9.17, 15) is 18.0 Å². The van der Waals surface area contributed by atoms with Crippen LogP contribution in [0.2, 0.25) is 0 Å². The predicted octanol–water partition coefficient (Wildman–Crippen LogP) is 1.52. The van der Waals surface area contributed by atoms with Gasteiger partial charge >= 0.3 is 18.2 Å². The molecule has 0 saturated heterocycles. The molecule has 0 aliphatic heterocycles. The molecule has 0 aliphatic carbocycles. The molecule has 136 valence electrons.